The van der Waals surface area contributed by atoms with Crippen molar-refractivity contribution in [2.24, 2.45) is 0 Å². The first-order chi connectivity index (χ1) is 12.4. The van der Waals surface area contributed by atoms with Gasteiger partial charge in [0.05, 0.1) is 5.69 Å². The number of hydrogen-bond acceptors (Lipinski definition) is 2. The van der Waals surface area contributed by atoms with E-state index in [-0.39, 0.29) is 5.69 Å². The van der Waals surface area contributed by atoms with E-state index in [2.05, 4.69) is 10.2 Å². The molecule has 1 fully saturated rings. The van der Waals surface area contributed by atoms with Gasteiger partial charge in [0.25, 0.3) is 0 Å². The van der Waals surface area contributed by atoms with Crippen molar-refractivity contribution in [3.8, 4) is 0 Å². The molecule has 1 aliphatic rings. The number of anilines is 1. The van der Waals surface area contributed by atoms with Crippen molar-refractivity contribution in [3.63, 3.8) is 0 Å². The fraction of sp³-hybridized carbons (Fsp3) is 0.278. The molecule has 0 radical (unpaired) electrons. The molecule has 0 bridgehead atoms. The Kier molecular flexibility index (Phi) is 6.29. The van der Waals surface area contributed by atoms with Gasteiger partial charge in [-0.1, -0.05) is 29.3 Å². The summed E-state index contributed by atoms with van der Waals surface area (Å²) < 4.78 is 26.7. The van der Waals surface area contributed by atoms with Crippen molar-refractivity contribution >= 4 is 46.2 Å². The van der Waals surface area contributed by atoms with Crippen LogP contribution in [0.25, 0.3) is 0 Å². The second-order valence-corrected chi connectivity index (χ2v) is 7.22. The van der Waals surface area contributed by atoms with Crippen LogP contribution in [0.4, 0.5) is 14.5 Å². The lowest BCUT2D eigenvalue weighted by atomic mass is 10.2. The summed E-state index contributed by atoms with van der Waals surface area (Å²) in [4.78, 5) is 4.20. The fourth-order valence-electron chi connectivity index (χ4n) is 2.80. The Balaban J connectivity index is 1.55. The highest BCUT2D eigenvalue weighted by atomic mass is 35.5. The van der Waals surface area contributed by atoms with Crippen LogP contribution in [0.15, 0.2) is 36.4 Å². The van der Waals surface area contributed by atoms with E-state index >= 15 is 0 Å². The lowest BCUT2D eigenvalue weighted by molar-refractivity contribution is 0.177. The predicted molar refractivity (Wildman–Crippen MR) is 106 cm³/mol. The van der Waals surface area contributed by atoms with Gasteiger partial charge in [-0.15, -0.1) is 0 Å². The summed E-state index contributed by atoms with van der Waals surface area (Å²) in [6.45, 7) is 3.59. The van der Waals surface area contributed by atoms with Gasteiger partial charge in [0, 0.05) is 54.4 Å². The Morgan fingerprint density at radius 2 is 1.69 bits per heavy atom. The number of halogens is 4. The molecule has 8 heteroatoms. The van der Waals surface area contributed by atoms with E-state index in [1.807, 2.05) is 23.1 Å². The molecule has 1 saturated heterocycles. The Morgan fingerprint density at radius 1 is 1.04 bits per heavy atom. The number of piperazine rings is 1. The first-order valence-electron chi connectivity index (χ1n) is 8.10. The van der Waals surface area contributed by atoms with Crippen molar-refractivity contribution in [1.29, 1.82) is 0 Å². The van der Waals surface area contributed by atoms with Gasteiger partial charge in [0.1, 0.15) is 11.6 Å². The van der Waals surface area contributed by atoms with E-state index in [1.54, 1.807) is 0 Å². The molecule has 0 atom stereocenters. The maximum Gasteiger partial charge on any atom is 0.173 e. The van der Waals surface area contributed by atoms with Crippen molar-refractivity contribution in [1.82, 2.24) is 9.80 Å². The monoisotopic (exact) mass is 415 g/mol. The molecule has 1 heterocycles. The summed E-state index contributed by atoms with van der Waals surface area (Å²) in [5, 5.41) is 4.58. The molecule has 3 rings (SSSR count). The standard InChI is InChI=1S/C18H17Cl2F2N3S/c19-14-2-1-3-15(20)13(14)11-24-6-8-25(9-7-24)18(26)23-17-5-4-12(21)10-16(17)22/h1-5,10H,6-9,11H2,(H,23,26). The van der Waals surface area contributed by atoms with Crippen LogP contribution in [0.3, 0.4) is 0 Å². The van der Waals surface area contributed by atoms with Gasteiger partial charge >= 0.3 is 0 Å². The average Bonchev–Trinajstić information content (AvgIpc) is 2.61. The average molecular weight is 416 g/mol. The highest BCUT2D eigenvalue weighted by Gasteiger charge is 2.21. The molecule has 2 aromatic rings. The van der Waals surface area contributed by atoms with Crippen LogP contribution in [0.2, 0.25) is 10.0 Å². The molecule has 0 spiro atoms. The van der Waals surface area contributed by atoms with Crippen LogP contribution in [-0.4, -0.2) is 41.1 Å². The smallest absolute Gasteiger partial charge is 0.173 e. The number of rotatable bonds is 3. The molecular formula is C18H17Cl2F2N3S. The molecular weight excluding hydrogens is 399 g/mol. The molecule has 3 nitrogen and oxygen atoms in total. The van der Waals surface area contributed by atoms with Crippen LogP contribution in [0, 0.1) is 11.6 Å². The zero-order chi connectivity index (χ0) is 18.7. The molecule has 0 amide bonds. The fourth-order valence-corrected chi connectivity index (χ4v) is 3.61. The number of nitrogens with zero attached hydrogens (tertiary/aromatic N) is 2. The second-order valence-electron chi connectivity index (χ2n) is 6.02. The first-order valence-corrected chi connectivity index (χ1v) is 9.26. The summed E-state index contributed by atoms with van der Waals surface area (Å²) in [5.41, 5.74) is 1.08. The zero-order valence-electron chi connectivity index (χ0n) is 13.8. The summed E-state index contributed by atoms with van der Waals surface area (Å²) >= 11 is 17.8. The normalized spacial score (nSPS) is 15.2. The van der Waals surface area contributed by atoms with E-state index in [1.165, 1.54) is 12.1 Å². The molecule has 0 saturated carbocycles. The molecule has 26 heavy (non-hydrogen) atoms. The van der Waals surface area contributed by atoms with Crippen LogP contribution < -0.4 is 5.32 Å². The summed E-state index contributed by atoms with van der Waals surface area (Å²) in [7, 11) is 0. The second kappa shape index (κ2) is 8.48. The predicted octanol–water partition coefficient (Wildman–Crippen LogP) is 4.79. The van der Waals surface area contributed by atoms with Gasteiger partial charge < -0.3 is 10.2 Å². The molecule has 0 aliphatic carbocycles. The topological polar surface area (TPSA) is 18.5 Å². The number of nitrogens with one attached hydrogen (secondary N) is 1. The molecule has 138 valence electrons. The Bertz CT molecular complexity index is 791. The van der Waals surface area contributed by atoms with Gasteiger partial charge in [0.2, 0.25) is 0 Å². The first kappa shape index (κ1) is 19.3. The molecule has 0 unspecified atom stereocenters. The van der Waals surface area contributed by atoms with E-state index < -0.39 is 11.6 Å². The molecule has 1 N–H and O–H groups in total. The van der Waals surface area contributed by atoms with Crippen LogP contribution in [0.5, 0.6) is 0 Å². The number of thiocarbonyl (C=S) groups is 1. The maximum atomic E-state index is 13.7. The van der Waals surface area contributed by atoms with Gasteiger partial charge in [0.15, 0.2) is 5.11 Å². The quantitative estimate of drug-likeness (QED) is 0.726. The minimum absolute atomic E-state index is 0.168. The van der Waals surface area contributed by atoms with Crippen molar-refractivity contribution in [2.45, 2.75) is 6.54 Å². The van der Waals surface area contributed by atoms with Crippen LogP contribution >= 0.6 is 35.4 Å². The summed E-state index contributed by atoms with van der Waals surface area (Å²) in [6.07, 6.45) is 0. The maximum absolute atomic E-state index is 13.7. The van der Waals surface area contributed by atoms with Crippen molar-refractivity contribution < 1.29 is 8.78 Å². The molecule has 1 aliphatic heterocycles. The summed E-state index contributed by atoms with van der Waals surface area (Å²) in [5.74, 6) is -1.29. The van der Waals surface area contributed by atoms with Crippen molar-refractivity contribution in [2.75, 3.05) is 31.5 Å². The van der Waals surface area contributed by atoms with E-state index in [4.69, 9.17) is 35.4 Å². The van der Waals surface area contributed by atoms with Gasteiger partial charge in [-0.25, -0.2) is 8.78 Å². The number of benzene rings is 2. The summed E-state index contributed by atoms with van der Waals surface area (Å²) in [6, 6.07) is 8.84. The van der Waals surface area contributed by atoms with Gasteiger partial charge in [-0.2, -0.15) is 0 Å². The third-order valence-electron chi connectivity index (χ3n) is 4.28. The van der Waals surface area contributed by atoms with Crippen LogP contribution in [-0.2, 0) is 6.54 Å². The highest BCUT2D eigenvalue weighted by molar-refractivity contribution is 7.80. The van der Waals surface area contributed by atoms with Crippen molar-refractivity contribution in [3.05, 3.63) is 63.6 Å². The highest BCUT2D eigenvalue weighted by Crippen LogP contribution is 2.26. The van der Waals surface area contributed by atoms with Crippen LogP contribution in [0.1, 0.15) is 5.56 Å². The largest absolute Gasteiger partial charge is 0.346 e. The Labute approximate surface area is 166 Å². The SMILES string of the molecule is Fc1ccc(NC(=S)N2CCN(Cc3c(Cl)cccc3Cl)CC2)c(F)c1. The number of hydrogen-bond donors (Lipinski definition) is 1. The van der Waals surface area contributed by atoms with E-state index in [0.29, 0.717) is 34.8 Å². The van der Waals surface area contributed by atoms with E-state index in [9.17, 15) is 8.78 Å². The zero-order valence-corrected chi connectivity index (χ0v) is 16.1. The third-order valence-corrected chi connectivity index (χ3v) is 5.34. The Hall–Kier alpha value is -1.47. The minimum Gasteiger partial charge on any atom is -0.346 e. The molecule has 2 aromatic carbocycles. The lowest BCUT2D eigenvalue weighted by Gasteiger charge is -2.36. The third kappa shape index (κ3) is 4.62. The molecule has 0 aromatic heterocycles. The van der Waals surface area contributed by atoms with Gasteiger partial charge in [-0.3, -0.25) is 4.90 Å². The Morgan fingerprint density at radius 3 is 2.31 bits per heavy atom. The van der Waals surface area contributed by atoms with Gasteiger partial charge in [-0.05, 0) is 36.5 Å². The lowest BCUT2D eigenvalue weighted by Crippen LogP contribution is -2.49. The van der Waals surface area contributed by atoms with E-state index in [0.717, 1.165) is 24.7 Å². The minimum atomic E-state index is -0.667.